The van der Waals surface area contributed by atoms with Crippen LogP contribution in [0.15, 0.2) is 12.2 Å². The average Bonchev–Trinajstić information content (AvgIpc) is 2.34. The second-order valence-corrected chi connectivity index (χ2v) is 4.03. The molecule has 1 saturated carbocycles. The summed E-state index contributed by atoms with van der Waals surface area (Å²) < 4.78 is 0. The van der Waals surface area contributed by atoms with Gasteiger partial charge in [0.25, 0.3) is 0 Å². The minimum Gasteiger partial charge on any atom is -0.303 e. The van der Waals surface area contributed by atoms with Crippen LogP contribution in [-0.4, -0.2) is 6.29 Å². The molecule has 0 aromatic heterocycles. The van der Waals surface area contributed by atoms with Crippen LogP contribution in [0.1, 0.15) is 33.1 Å². The first-order valence-corrected chi connectivity index (χ1v) is 4.78. The van der Waals surface area contributed by atoms with Crippen LogP contribution in [0.2, 0.25) is 0 Å². The molecule has 1 aliphatic rings. The number of hydrogen-bond acceptors (Lipinski definition) is 1. The van der Waals surface area contributed by atoms with Gasteiger partial charge in [0.1, 0.15) is 6.29 Å². The van der Waals surface area contributed by atoms with Crippen molar-refractivity contribution >= 4 is 6.29 Å². The summed E-state index contributed by atoms with van der Waals surface area (Å²) in [7, 11) is 0. The third-order valence-corrected chi connectivity index (χ3v) is 3.28. The van der Waals surface area contributed by atoms with E-state index in [0.717, 1.165) is 12.7 Å². The Bertz CT molecular complexity index is 183. The van der Waals surface area contributed by atoms with Crippen LogP contribution in [-0.2, 0) is 4.79 Å². The van der Waals surface area contributed by atoms with Gasteiger partial charge in [0, 0.05) is 6.42 Å². The Kier molecular flexibility index (Phi) is 3.07. The molecule has 0 spiro atoms. The summed E-state index contributed by atoms with van der Waals surface area (Å²) in [5, 5.41) is 0. The van der Waals surface area contributed by atoms with Crippen molar-refractivity contribution in [1.82, 2.24) is 0 Å². The highest BCUT2D eigenvalue weighted by molar-refractivity contribution is 5.49. The fourth-order valence-electron chi connectivity index (χ4n) is 2.24. The monoisotopic (exact) mass is 166 g/mol. The van der Waals surface area contributed by atoms with Crippen molar-refractivity contribution in [1.29, 1.82) is 0 Å². The predicted octanol–water partition coefficient (Wildman–Crippen LogP) is 2.81. The zero-order chi connectivity index (χ0) is 9.14. The molecule has 3 atom stereocenters. The van der Waals surface area contributed by atoms with Gasteiger partial charge in [-0.2, -0.15) is 0 Å². The Balaban J connectivity index is 2.52. The maximum atomic E-state index is 10.3. The number of carbonyl (C=O) groups excluding carboxylic acids is 1. The van der Waals surface area contributed by atoms with E-state index in [1.807, 2.05) is 0 Å². The molecule has 0 bridgehead atoms. The smallest absolute Gasteiger partial charge is 0.120 e. The van der Waals surface area contributed by atoms with Gasteiger partial charge in [-0.05, 0) is 30.6 Å². The van der Waals surface area contributed by atoms with Crippen molar-refractivity contribution in [2.75, 3.05) is 0 Å². The number of hydrogen-bond donors (Lipinski definition) is 0. The Morgan fingerprint density at radius 2 is 2.42 bits per heavy atom. The molecule has 12 heavy (non-hydrogen) atoms. The van der Waals surface area contributed by atoms with E-state index >= 15 is 0 Å². The first-order chi connectivity index (χ1) is 5.66. The fraction of sp³-hybridized carbons (Fsp3) is 0.727. The lowest BCUT2D eigenvalue weighted by atomic mass is 9.84. The average molecular weight is 166 g/mol. The van der Waals surface area contributed by atoms with E-state index in [4.69, 9.17) is 0 Å². The quantitative estimate of drug-likeness (QED) is 0.465. The topological polar surface area (TPSA) is 17.1 Å². The van der Waals surface area contributed by atoms with Gasteiger partial charge >= 0.3 is 0 Å². The summed E-state index contributed by atoms with van der Waals surface area (Å²) >= 11 is 0. The minimum atomic E-state index is 0.539. The van der Waals surface area contributed by atoms with Crippen LogP contribution in [0.25, 0.3) is 0 Å². The van der Waals surface area contributed by atoms with Crippen LogP contribution in [0.4, 0.5) is 0 Å². The van der Waals surface area contributed by atoms with Crippen molar-refractivity contribution < 1.29 is 4.79 Å². The van der Waals surface area contributed by atoms with Crippen molar-refractivity contribution in [2.45, 2.75) is 33.1 Å². The van der Waals surface area contributed by atoms with E-state index in [0.29, 0.717) is 24.2 Å². The second kappa shape index (κ2) is 3.88. The third-order valence-electron chi connectivity index (χ3n) is 3.28. The molecule has 68 valence electrons. The molecule has 0 heterocycles. The standard InChI is InChI=1S/C11H18O/c1-8-4-5-11(10(8)3)9(2)6-7-12/h7,9-11H,1,4-6H2,2-3H3/t9-,10?,11?/m1/s1. The zero-order valence-corrected chi connectivity index (χ0v) is 8.05. The highest BCUT2D eigenvalue weighted by Gasteiger charge is 2.30. The van der Waals surface area contributed by atoms with E-state index in [1.165, 1.54) is 12.0 Å². The van der Waals surface area contributed by atoms with Crippen LogP contribution in [0.3, 0.4) is 0 Å². The SMILES string of the molecule is C=C1CCC([C@H](C)CC=O)C1C. The number of allylic oxidation sites excluding steroid dienone is 1. The van der Waals surface area contributed by atoms with Crippen molar-refractivity contribution in [3.05, 3.63) is 12.2 Å². The Morgan fingerprint density at radius 3 is 2.83 bits per heavy atom. The number of carbonyl (C=O) groups is 1. The van der Waals surface area contributed by atoms with Crippen LogP contribution < -0.4 is 0 Å². The lowest BCUT2D eigenvalue weighted by Gasteiger charge is -2.21. The van der Waals surface area contributed by atoms with Crippen LogP contribution in [0.5, 0.6) is 0 Å². The van der Waals surface area contributed by atoms with Gasteiger partial charge in [-0.25, -0.2) is 0 Å². The molecule has 1 aliphatic carbocycles. The van der Waals surface area contributed by atoms with Gasteiger partial charge in [-0.15, -0.1) is 0 Å². The first kappa shape index (κ1) is 9.50. The lowest BCUT2D eigenvalue weighted by molar-refractivity contribution is -0.108. The van der Waals surface area contributed by atoms with Crippen molar-refractivity contribution in [3.63, 3.8) is 0 Å². The number of rotatable bonds is 3. The van der Waals surface area contributed by atoms with E-state index in [2.05, 4.69) is 20.4 Å². The maximum absolute atomic E-state index is 10.3. The molecule has 1 nitrogen and oxygen atoms in total. The molecular weight excluding hydrogens is 148 g/mol. The van der Waals surface area contributed by atoms with Gasteiger partial charge < -0.3 is 4.79 Å². The number of aldehydes is 1. The van der Waals surface area contributed by atoms with Crippen LogP contribution in [0, 0.1) is 17.8 Å². The molecular formula is C11H18O. The van der Waals surface area contributed by atoms with E-state index in [1.54, 1.807) is 0 Å². The van der Waals surface area contributed by atoms with Gasteiger partial charge in [0.2, 0.25) is 0 Å². The molecule has 0 aliphatic heterocycles. The first-order valence-electron chi connectivity index (χ1n) is 4.78. The zero-order valence-electron chi connectivity index (χ0n) is 8.05. The summed E-state index contributed by atoms with van der Waals surface area (Å²) in [4.78, 5) is 10.3. The molecule has 0 N–H and O–H groups in total. The molecule has 0 aromatic rings. The van der Waals surface area contributed by atoms with Gasteiger partial charge in [-0.3, -0.25) is 0 Å². The maximum Gasteiger partial charge on any atom is 0.120 e. The summed E-state index contributed by atoms with van der Waals surface area (Å²) in [5.74, 6) is 1.86. The molecule has 0 amide bonds. The van der Waals surface area contributed by atoms with E-state index in [-0.39, 0.29) is 0 Å². The van der Waals surface area contributed by atoms with Crippen LogP contribution >= 0.6 is 0 Å². The Morgan fingerprint density at radius 1 is 1.75 bits per heavy atom. The largest absolute Gasteiger partial charge is 0.303 e. The normalized spacial score (nSPS) is 32.0. The van der Waals surface area contributed by atoms with E-state index < -0.39 is 0 Å². The van der Waals surface area contributed by atoms with Crippen molar-refractivity contribution in [3.8, 4) is 0 Å². The molecule has 2 unspecified atom stereocenters. The van der Waals surface area contributed by atoms with E-state index in [9.17, 15) is 4.79 Å². The summed E-state index contributed by atoms with van der Waals surface area (Å²) in [6, 6.07) is 0. The second-order valence-electron chi connectivity index (χ2n) is 4.03. The summed E-state index contributed by atoms with van der Waals surface area (Å²) in [6.07, 6.45) is 4.14. The molecule has 0 radical (unpaired) electrons. The van der Waals surface area contributed by atoms with Gasteiger partial charge in [0.05, 0.1) is 0 Å². The predicted molar refractivity (Wildman–Crippen MR) is 50.9 cm³/mol. The summed E-state index contributed by atoms with van der Waals surface area (Å²) in [6.45, 7) is 8.45. The molecule has 0 aromatic carbocycles. The lowest BCUT2D eigenvalue weighted by Crippen LogP contribution is -2.15. The molecule has 1 rings (SSSR count). The Labute approximate surface area is 74.9 Å². The highest BCUT2D eigenvalue weighted by Crippen LogP contribution is 2.40. The summed E-state index contributed by atoms with van der Waals surface area (Å²) in [5.41, 5.74) is 1.37. The van der Waals surface area contributed by atoms with Crippen molar-refractivity contribution in [2.24, 2.45) is 17.8 Å². The third kappa shape index (κ3) is 1.77. The highest BCUT2D eigenvalue weighted by atomic mass is 16.1. The van der Waals surface area contributed by atoms with Gasteiger partial charge in [0.15, 0.2) is 0 Å². The molecule has 1 heteroatoms. The molecule has 1 fully saturated rings. The fourth-order valence-corrected chi connectivity index (χ4v) is 2.24. The molecule has 0 saturated heterocycles. The Hall–Kier alpha value is -0.590. The van der Waals surface area contributed by atoms with Gasteiger partial charge in [-0.1, -0.05) is 26.0 Å². The minimum absolute atomic E-state index is 0.539.